The highest BCUT2D eigenvalue weighted by atomic mass is 16.6. The molecular weight excluding hydrogens is 370 g/mol. The van der Waals surface area contributed by atoms with E-state index in [-0.39, 0.29) is 29.4 Å². The van der Waals surface area contributed by atoms with Crippen LogP contribution in [0.15, 0.2) is 30.3 Å². The molecule has 1 aromatic carbocycles. The maximum atomic E-state index is 12.9. The van der Waals surface area contributed by atoms with Crippen molar-refractivity contribution in [3.8, 4) is 17.2 Å². The Balaban J connectivity index is 1.97. The Morgan fingerprint density at radius 1 is 1.29 bits per heavy atom. The van der Waals surface area contributed by atoms with E-state index in [9.17, 15) is 19.7 Å². The van der Waals surface area contributed by atoms with E-state index in [0.29, 0.717) is 5.75 Å². The van der Waals surface area contributed by atoms with E-state index < -0.39 is 28.5 Å². The van der Waals surface area contributed by atoms with E-state index in [2.05, 4.69) is 4.98 Å². The Labute approximate surface area is 159 Å². The number of Topliss-reactive ketones (excluding diaryl/α,β-unsaturated/α-hetero) is 1. The quantitative estimate of drug-likeness (QED) is 0.419. The van der Waals surface area contributed by atoms with Crippen LogP contribution in [0.5, 0.6) is 17.2 Å². The largest absolute Gasteiger partial charge is 0.497 e. The molecule has 0 aliphatic carbocycles. The normalized spacial score (nSPS) is 15.5. The molecule has 0 bridgehead atoms. The maximum Gasteiger partial charge on any atom is 0.366 e. The van der Waals surface area contributed by atoms with Gasteiger partial charge in [0.05, 0.1) is 26.3 Å². The van der Waals surface area contributed by atoms with Crippen LogP contribution in [-0.2, 0) is 4.79 Å². The summed E-state index contributed by atoms with van der Waals surface area (Å²) in [6.07, 6.45) is -0.860. The second kappa shape index (κ2) is 7.51. The van der Waals surface area contributed by atoms with E-state index in [1.165, 1.54) is 39.3 Å². The molecule has 3 rings (SSSR count). The summed E-state index contributed by atoms with van der Waals surface area (Å²) in [5, 5.41) is 11.0. The Morgan fingerprint density at radius 2 is 2.04 bits per heavy atom. The Bertz CT molecular complexity index is 960. The van der Waals surface area contributed by atoms with Gasteiger partial charge in [0.25, 0.3) is 11.7 Å². The molecule has 0 N–H and O–H groups in total. The fourth-order valence-electron chi connectivity index (χ4n) is 2.79. The van der Waals surface area contributed by atoms with Gasteiger partial charge in [0.2, 0.25) is 0 Å². The van der Waals surface area contributed by atoms with E-state index >= 15 is 0 Å². The summed E-state index contributed by atoms with van der Waals surface area (Å²) in [5.74, 6) is -0.505. The van der Waals surface area contributed by atoms with Crippen molar-refractivity contribution >= 4 is 23.3 Å². The van der Waals surface area contributed by atoms with Gasteiger partial charge in [0, 0.05) is 12.1 Å². The number of carbonyl (C=O) groups is 2. The summed E-state index contributed by atoms with van der Waals surface area (Å²) in [6, 6.07) is 7.20. The van der Waals surface area contributed by atoms with Gasteiger partial charge in [-0.1, -0.05) is 0 Å². The molecule has 1 aromatic heterocycles. The highest BCUT2D eigenvalue weighted by Crippen LogP contribution is 2.34. The van der Waals surface area contributed by atoms with Gasteiger partial charge < -0.3 is 24.3 Å². The first-order valence-electron chi connectivity index (χ1n) is 8.24. The number of nitro groups is 1. The predicted molar refractivity (Wildman–Crippen MR) is 97.2 cm³/mol. The van der Waals surface area contributed by atoms with Crippen molar-refractivity contribution in [2.45, 2.75) is 13.0 Å². The highest BCUT2D eigenvalue weighted by Gasteiger charge is 2.38. The lowest BCUT2D eigenvalue weighted by atomic mass is 10.1. The highest BCUT2D eigenvalue weighted by molar-refractivity contribution is 6.08. The van der Waals surface area contributed by atoms with E-state index in [4.69, 9.17) is 14.2 Å². The van der Waals surface area contributed by atoms with Gasteiger partial charge in [-0.2, -0.15) is 0 Å². The molecule has 0 saturated carbocycles. The van der Waals surface area contributed by atoms with Crippen LogP contribution >= 0.6 is 0 Å². The van der Waals surface area contributed by atoms with Gasteiger partial charge >= 0.3 is 5.82 Å². The van der Waals surface area contributed by atoms with Crippen molar-refractivity contribution in [3.63, 3.8) is 0 Å². The zero-order valence-corrected chi connectivity index (χ0v) is 15.4. The number of hydrogen-bond donors (Lipinski definition) is 0. The van der Waals surface area contributed by atoms with Gasteiger partial charge in [-0.15, -0.1) is 0 Å². The minimum atomic E-state index is -0.860. The average molecular weight is 387 g/mol. The first-order valence-corrected chi connectivity index (χ1v) is 8.24. The Morgan fingerprint density at radius 3 is 2.68 bits per heavy atom. The van der Waals surface area contributed by atoms with Crippen LogP contribution in [0.4, 0.5) is 11.6 Å². The Hall–Kier alpha value is -3.69. The molecule has 10 heteroatoms. The minimum absolute atomic E-state index is 0.0712. The van der Waals surface area contributed by atoms with Crippen molar-refractivity contribution in [1.82, 2.24) is 4.98 Å². The third-order valence-corrected chi connectivity index (χ3v) is 4.20. The number of amides is 1. The van der Waals surface area contributed by atoms with Crippen LogP contribution in [0, 0.1) is 10.1 Å². The molecular formula is C18H17N3O7. The summed E-state index contributed by atoms with van der Waals surface area (Å²) in [6.45, 7) is 1.15. The van der Waals surface area contributed by atoms with Gasteiger partial charge in [0.15, 0.2) is 17.6 Å². The van der Waals surface area contributed by atoms with Crippen LogP contribution in [-0.4, -0.2) is 48.5 Å². The molecule has 0 fully saturated rings. The molecule has 28 heavy (non-hydrogen) atoms. The smallest absolute Gasteiger partial charge is 0.366 e. The lowest BCUT2D eigenvalue weighted by Gasteiger charge is -2.29. The number of aromatic nitrogens is 1. The predicted octanol–water partition coefficient (Wildman–Crippen LogP) is 2.00. The number of hydrogen-bond acceptors (Lipinski definition) is 8. The molecule has 2 heterocycles. The standard InChI is InChI=1S/C18H17N3O7/c1-10-18(23)20(17-14(28-10)6-7-16(19-17)21(24)25)9-13(22)12-5-4-11(26-2)8-15(12)27-3/h4-8,10H,9H2,1-3H3. The zero-order chi connectivity index (χ0) is 20.4. The molecule has 1 unspecified atom stereocenters. The third-order valence-electron chi connectivity index (χ3n) is 4.20. The Kier molecular flexibility index (Phi) is 5.12. The summed E-state index contributed by atoms with van der Waals surface area (Å²) < 4.78 is 15.8. The van der Waals surface area contributed by atoms with Crippen LogP contribution in [0.1, 0.15) is 17.3 Å². The third kappa shape index (κ3) is 3.43. The second-order valence-corrected chi connectivity index (χ2v) is 5.92. The van der Waals surface area contributed by atoms with Crippen LogP contribution < -0.4 is 19.1 Å². The van der Waals surface area contributed by atoms with Crippen LogP contribution in [0.2, 0.25) is 0 Å². The van der Waals surface area contributed by atoms with Gasteiger partial charge in [-0.3, -0.25) is 14.5 Å². The average Bonchev–Trinajstić information content (AvgIpc) is 2.70. The molecule has 1 aliphatic heterocycles. The van der Waals surface area contributed by atoms with E-state index in [1.807, 2.05) is 0 Å². The summed E-state index contributed by atoms with van der Waals surface area (Å²) >= 11 is 0. The van der Waals surface area contributed by atoms with Crippen LogP contribution in [0.3, 0.4) is 0 Å². The molecule has 0 radical (unpaired) electrons. The number of methoxy groups -OCH3 is 2. The fourth-order valence-corrected chi connectivity index (χ4v) is 2.79. The first-order chi connectivity index (χ1) is 13.3. The minimum Gasteiger partial charge on any atom is -0.497 e. The number of fused-ring (bicyclic) bond motifs is 1. The van der Waals surface area contributed by atoms with Gasteiger partial charge in [0.1, 0.15) is 11.5 Å². The molecule has 1 amide bonds. The summed E-state index contributed by atoms with van der Waals surface area (Å²) in [4.78, 5) is 40.7. The second-order valence-electron chi connectivity index (χ2n) is 5.92. The fraction of sp³-hybridized carbons (Fsp3) is 0.278. The number of benzene rings is 1. The number of ether oxygens (including phenoxy) is 3. The number of carbonyl (C=O) groups excluding carboxylic acids is 2. The lowest BCUT2D eigenvalue weighted by molar-refractivity contribution is -0.389. The van der Waals surface area contributed by atoms with Crippen molar-refractivity contribution in [1.29, 1.82) is 0 Å². The number of pyridine rings is 1. The summed E-state index contributed by atoms with van der Waals surface area (Å²) in [5.41, 5.74) is 0.238. The molecule has 1 aliphatic rings. The van der Waals surface area contributed by atoms with Crippen molar-refractivity contribution in [3.05, 3.63) is 46.0 Å². The monoisotopic (exact) mass is 387 g/mol. The maximum absolute atomic E-state index is 12.9. The number of ketones is 1. The van der Waals surface area contributed by atoms with E-state index in [1.54, 1.807) is 12.1 Å². The summed E-state index contributed by atoms with van der Waals surface area (Å²) in [7, 11) is 2.90. The molecule has 10 nitrogen and oxygen atoms in total. The number of rotatable bonds is 6. The zero-order valence-electron chi connectivity index (χ0n) is 15.4. The van der Waals surface area contributed by atoms with Crippen molar-refractivity contribution in [2.75, 3.05) is 25.7 Å². The topological polar surface area (TPSA) is 121 Å². The molecule has 0 saturated heterocycles. The number of nitrogens with zero attached hydrogens (tertiary/aromatic N) is 3. The first kappa shape index (κ1) is 19.1. The number of anilines is 1. The molecule has 2 aromatic rings. The van der Waals surface area contributed by atoms with Crippen molar-refractivity contribution < 1.29 is 28.7 Å². The molecule has 0 spiro atoms. The lowest BCUT2D eigenvalue weighted by Crippen LogP contribution is -2.47. The molecule has 146 valence electrons. The van der Waals surface area contributed by atoms with Gasteiger partial charge in [-0.25, -0.2) is 0 Å². The molecule has 1 atom stereocenters. The van der Waals surface area contributed by atoms with Crippen molar-refractivity contribution in [2.24, 2.45) is 0 Å². The SMILES string of the molecule is COc1ccc(C(=O)CN2C(=O)C(C)Oc3ccc([N+](=O)[O-])nc32)c(OC)c1. The van der Waals surface area contributed by atoms with Crippen LogP contribution in [0.25, 0.3) is 0 Å². The van der Waals surface area contributed by atoms with E-state index in [0.717, 1.165) is 4.90 Å². The van der Waals surface area contributed by atoms with Gasteiger partial charge in [-0.05, 0) is 35.0 Å².